The van der Waals surface area contributed by atoms with Crippen LogP contribution >= 0.6 is 11.6 Å². The summed E-state index contributed by atoms with van der Waals surface area (Å²) in [6, 6.07) is 4.13. The highest BCUT2D eigenvalue weighted by Gasteiger charge is 2.16. The van der Waals surface area contributed by atoms with Gasteiger partial charge in [0.25, 0.3) is 0 Å². The van der Waals surface area contributed by atoms with Crippen molar-refractivity contribution in [2.24, 2.45) is 0 Å². The first-order chi connectivity index (χ1) is 8.91. The zero-order valence-corrected chi connectivity index (χ0v) is 10.1. The number of aromatic nitrogens is 2. The Bertz CT molecular complexity index is 681. The van der Waals surface area contributed by atoms with Gasteiger partial charge in [-0.2, -0.15) is 5.10 Å². The molecule has 0 aliphatic heterocycles. The van der Waals surface area contributed by atoms with E-state index in [4.69, 9.17) is 27.5 Å². The molecule has 0 saturated heterocycles. The largest absolute Gasteiger partial charge is 0.478 e. The molecule has 2 rings (SSSR count). The van der Waals surface area contributed by atoms with Crippen molar-refractivity contribution in [1.82, 2.24) is 9.78 Å². The number of carboxylic acid groups (broad SMARTS) is 2. The van der Waals surface area contributed by atoms with Gasteiger partial charge in [0.05, 0.1) is 22.5 Å². The van der Waals surface area contributed by atoms with E-state index in [1.807, 2.05) is 0 Å². The van der Waals surface area contributed by atoms with Crippen LogP contribution in [0.25, 0.3) is 5.69 Å². The van der Waals surface area contributed by atoms with Crippen molar-refractivity contribution in [1.29, 1.82) is 0 Å². The lowest BCUT2D eigenvalue weighted by Crippen LogP contribution is -2.07. The van der Waals surface area contributed by atoms with Crippen molar-refractivity contribution in [2.75, 3.05) is 5.73 Å². The summed E-state index contributed by atoms with van der Waals surface area (Å²) in [7, 11) is 0. The third-order valence-corrected chi connectivity index (χ3v) is 2.79. The number of aromatic carboxylic acids is 2. The number of hydrogen-bond donors (Lipinski definition) is 3. The fourth-order valence-electron chi connectivity index (χ4n) is 1.54. The van der Waals surface area contributed by atoms with E-state index in [1.54, 1.807) is 0 Å². The van der Waals surface area contributed by atoms with E-state index in [1.165, 1.54) is 18.2 Å². The Labute approximate surface area is 111 Å². The second kappa shape index (κ2) is 4.62. The second-order valence-corrected chi connectivity index (χ2v) is 4.04. The van der Waals surface area contributed by atoms with E-state index < -0.39 is 11.9 Å². The Morgan fingerprint density at radius 1 is 1.21 bits per heavy atom. The maximum atomic E-state index is 11.0. The molecular formula is C11H8ClN3O4. The number of carbonyl (C=O) groups is 2. The molecule has 2 aromatic rings. The molecule has 1 aromatic heterocycles. The number of rotatable bonds is 3. The molecule has 0 bridgehead atoms. The van der Waals surface area contributed by atoms with Crippen molar-refractivity contribution in [3.63, 3.8) is 0 Å². The first-order valence-electron chi connectivity index (χ1n) is 5.02. The number of benzene rings is 1. The first kappa shape index (κ1) is 12.9. The lowest BCUT2D eigenvalue weighted by molar-refractivity contribution is 0.0686. The summed E-state index contributed by atoms with van der Waals surface area (Å²) in [5.74, 6) is -2.50. The Morgan fingerprint density at radius 2 is 1.84 bits per heavy atom. The molecular weight excluding hydrogens is 274 g/mol. The van der Waals surface area contributed by atoms with Gasteiger partial charge in [0.2, 0.25) is 0 Å². The fraction of sp³-hybridized carbons (Fsp3) is 0. The van der Waals surface area contributed by atoms with Crippen LogP contribution in [0.4, 0.5) is 5.82 Å². The van der Waals surface area contributed by atoms with Crippen LogP contribution in [0.15, 0.2) is 24.4 Å². The minimum Gasteiger partial charge on any atom is -0.478 e. The van der Waals surface area contributed by atoms with E-state index in [0.29, 0.717) is 5.69 Å². The standard InChI is InChI=1S/C11H8ClN3O4/c12-8-2-1-5(3-6(8)10(16)17)15-9(13)7(4-14-15)11(18)19/h1-4H,13H2,(H,16,17)(H,18,19). The van der Waals surface area contributed by atoms with Crippen molar-refractivity contribution >= 4 is 29.4 Å². The molecule has 7 nitrogen and oxygen atoms in total. The van der Waals surface area contributed by atoms with E-state index in [9.17, 15) is 9.59 Å². The molecule has 0 fully saturated rings. The molecule has 8 heteroatoms. The molecule has 0 unspecified atom stereocenters. The highest BCUT2D eigenvalue weighted by molar-refractivity contribution is 6.33. The number of anilines is 1. The number of halogens is 1. The molecule has 0 saturated carbocycles. The quantitative estimate of drug-likeness (QED) is 0.784. The zero-order valence-electron chi connectivity index (χ0n) is 9.37. The van der Waals surface area contributed by atoms with Gasteiger partial charge in [-0.05, 0) is 18.2 Å². The van der Waals surface area contributed by atoms with Crippen LogP contribution in [-0.2, 0) is 0 Å². The van der Waals surface area contributed by atoms with Gasteiger partial charge in [-0.1, -0.05) is 11.6 Å². The molecule has 0 spiro atoms. The molecule has 98 valence electrons. The Morgan fingerprint density at radius 3 is 2.37 bits per heavy atom. The average Bonchev–Trinajstić information content (AvgIpc) is 2.71. The summed E-state index contributed by atoms with van der Waals surface area (Å²) in [4.78, 5) is 21.8. The number of nitrogens with two attached hydrogens (primary N) is 1. The highest BCUT2D eigenvalue weighted by Crippen LogP contribution is 2.22. The van der Waals surface area contributed by atoms with Crippen LogP contribution in [0.3, 0.4) is 0 Å². The van der Waals surface area contributed by atoms with Crippen molar-refractivity contribution in [3.05, 3.63) is 40.5 Å². The second-order valence-electron chi connectivity index (χ2n) is 3.63. The number of nitrogen functional groups attached to an aromatic ring is 1. The summed E-state index contributed by atoms with van der Waals surface area (Å²) in [6.45, 7) is 0. The fourth-order valence-corrected chi connectivity index (χ4v) is 1.74. The molecule has 0 radical (unpaired) electrons. The van der Waals surface area contributed by atoms with E-state index in [0.717, 1.165) is 10.9 Å². The number of carboxylic acids is 2. The third kappa shape index (κ3) is 2.23. The summed E-state index contributed by atoms with van der Waals surface area (Å²) in [5, 5.41) is 21.7. The van der Waals surface area contributed by atoms with Crippen LogP contribution in [0, 0.1) is 0 Å². The molecule has 1 aromatic carbocycles. The minimum absolute atomic E-state index is 0.0698. The minimum atomic E-state index is -1.21. The van der Waals surface area contributed by atoms with Gasteiger partial charge < -0.3 is 15.9 Å². The predicted molar refractivity (Wildman–Crippen MR) is 66.9 cm³/mol. The maximum absolute atomic E-state index is 11.0. The van der Waals surface area contributed by atoms with Crippen LogP contribution < -0.4 is 5.73 Å². The average molecular weight is 282 g/mol. The van der Waals surface area contributed by atoms with Crippen LogP contribution in [0.2, 0.25) is 5.02 Å². The first-order valence-corrected chi connectivity index (χ1v) is 5.39. The molecule has 0 aliphatic carbocycles. The van der Waals surface area contributed by atoms with E-state index in [2.05, 4.69) is 5.10 Å². The normalized spacial score (nSPS) is 10.4. The third-order valence-electron chi connectivity index (χ3n) is 2.46. The Hall–Kier alpha value is -2.54. The predicted octanol–water partition coefficient (Wildman–Crippen LogP) is 1.50. The van der Waals surface area contributed by atoms with E-state index >= 15 is 0 Å². The molecule has 0 amide bonds. The summed E-state index contributed by atoms with van der Waals surface area (Å²) < 4.78 is 1.13. The molecule has 0 aliphatic rings. The van der Waals surface area contributed by atoms with E-state index in [-0.39, 0.29) is 22.0 Å². The van der Waals surface area contributed by atoms with Gasteiger partial charge in [-0.3, -0.25) is 0 Å². The maximum Gasteiger partial charge on any atom is 0.341 e. The van der Waals surface area contributed by atoms with Crippen LogP contribution in [-0.4, -0.2) is 31.9 Å². The SMILES string of the molecule is Nc1c(C(=O)O)cnn1-c1ccc(Cl)c(C(=O)O)c1. The molecule has 1 heterocycles. The van der Waals surface area contributed by atoms with Gasteiger partial charge >= 0.3 is 11.9 Å². The summed E-state index contributed by atoms with van der Waals surface area (Å²) >= 11 is 5.74. The van der Waals surface area contributed by atoms with Crippen LogP contribution in [0.5, 0.6) is 0 Å². The summed E-state index contributed by atoms with van der Waals surface area (Å²) in [6.07, 6.45) is 1.09. The molecule has 0 atom stereocenters. The van der Waals surface area contributed by atoms with Gasteiger partial charge in [-0.25, -0.2) is 14.3 Å². The molecule has 4 N–H and O–H groups in total. The van der Waals surface area contributed by atoms with Crippen LogP contribution in [0.1, 0.15) is 20.7 Å². The van der Waals surface area contributed by atoms with Crippen molar-refractivity contribution < 1.29 is 19.8 Å². The Balaban J connectivity index is 2.57. The van der Waals surface area contributed by atoms with Gasteiger partial charge in [0.15, 0.2) is 0 Å². The number of nitrogens with zero attached hydrogens (tertiary/aromatic N) is 2. The number of hydrogen-bond acceptors (Lipinski definition) is 4. The highest BCUT2D eigenvalue weighted by atomic mass is 35.5. The lowest BCUT2D eigenvalue weighted by atomic mass is 10.2. The topological polar surface area (TPSA) is 118 Å². The monoisotopic (exact) mass is 281 g/mol. The van der Waals surface area contributed by atoms with Gasteiger partial charge in [-0.15, -0.1) is 0 Å². The van der Waals surface area contributed by atoms with Gasteiger partial charge in [0.1, 0.15) is 11.4 Å². The smallest absolute Gasteiger partial charge is 0.341 e. The van der Waals surface area contributed by atoms with Crippen molar-refractivity contribution in [3.8, 4) is 5.69 Å². The zero-order chi connectivity index (χ0) is 14.2. The van der Waals surface area contributed by atoms with Gasteiger partial charge in [0, 0.05) is 0 Å². The molecule has 19 heavy (non-hydrogen) atoms. The summed E-state index contributed by atoms with van der Waals surface area (Å²) in [5.41, 5.74) is 5.67. The van der Waals surface area contributed by atoms with Crippen molar-refractivity contribution in [2.45, 2.75) is 0 Å². The Kier molecular flexibility index (Phi) is 3.14. The lowest BCUT2D eigenvalue weighted by Gasteiger charge is -2.06.